The molecule has 0 radical (unpaired) electrons. The third kappa shape index (κ3) is 2.84. The number of hydrogen-bond acceptors (Lipinski definition) is 3. The predicted octanol–water partition coefficient (Wildman–Crippen LogP) is 3.36. The number of rotatable bonds is 5. The Hall–Kier alpha value is -1.84. The number of nitrogens with one attached hydrogen (secondary N) is 1. The maximum atomic E-state index is 9.54. The van der Waals surface area contributed by atoms with Crippen molar-refractivity contribution in [2.75, 3.05) is 6.54 Å². The van der Waals surface area contributed by atoms with Gasteiger partial charge in [0.1, 0.15) is 0 Å². The second-order valence-electron chi connectivity index (χ2n) is 5.60. The fourth-order valence-electron chi connectivity index (χ4n) is 3.12. The lowest BCUT2D eigenvalue weighted by atomic mass is 9.77. The molecule has 0 bridgehead atoms. The highest BCUT2D eigenvalue weighted by atomic mass is 14.9. The minimum Gasteiger partial charge on any atom is -0.314 e. The molecule has 3 heteroatoms. The summed E-state index contributed by atoms with van der Waals surface area (Å²) in [5.41, 5.74) is 0.223. The normalized spacial score (nSPS) is 23.9. The van der Waals surface area contributed by atoms with E-state index in [1.807, 2.05) is 30.3 Å². The van der Waals surface area contributed by atoms with E-state index in [-0.39, 0.29) is 12.0 Å². The van der Waals surface area contributed by atoms with E-state index >= 15 is 0 Å². The molecule has 2 atom stereocenters. The Kier molecular flexibility index (Phi) is 4.77. The average Bonchev–Trinajstić information content (AvgIpc) is 2.88. The van der Waals surface area contributed by atoms with E-state index in [1.54, 1.807) is 0 Å². The van der Waals surface area contributed by atoms with E-state index in [4.69, 9.17) is 0 Å². The van der Waals surface area contributed by atoms with Gasteiger partial charge in [-0.25, -0.2) is 0 Å². The molecule has 0 saturated heterocycles. The summed E-state index contributed by atoms with van der Waals surface area (Å²) < 4.78 is 0. The van der Waals surface area contributed by atoms with Gasteiger partial charge in [0.25, 0.3) is 0 Å². The highest BCUT2D eigenvalue weighted by Gasteiger charge is 2.48. The molecule has 20 heavy (non-hydrogen) atoms. The second-order valence-corrected chi connectivity index (χ2v) is 5.60. The fourth-order valence-corrected chi connectivity index (χ4v) is 3.12. The van der Waals surface area contributed by atoms with Crippen molar-refractivity contribution < 1.29 is 0 Å². The van der Waals surface area contributed by atoms with Gasteiger partial charge >= 0.3 is 0 Å². The van der Waals surface area contributed by atoms with Gasteiger partial charge in [0.05, 0.1) is 12.1 Å². The highest BCUT2D eigenvalue weighted by molar-refractivity contribution is 5.34. The van der Waals surface area contributed by atoms with Crippen LogP contribution in [-0.4, -0.2) is 12.6 Å². The first kappa shape index (κ1) is 14.6. The van der Waals surface area contributed by atoms with Crippen LogP contribution in [-0.2, 0) is 0 Å². The predicted molar refractivity (Wildman–Crippen MR) is 78.8 cm³/mol. The van der Waals surface area contributed by atoms with Crippen LogP contribution in [0.5, 0.6) is 0 Å². The van der Waals surface area contributed by atoms with E-state index in [0.29, 0.717) is 6.42 Å². The van der Waals surface area contributed by atoms with Crippen LogP contribution in [0.1, 0.15) is 44.1 Å². The SMILES string of the molecule is CCCCNC1CC(c2ccccc2)C(C#N)(C#N)C1. The number of nitriles is 2. The van der Waals surface area contributed by atoms with Gasteiger partial charge in [-0.2, -0.15) is 10.5 Å². The standard InChI is InChI=1S/C17H21N3/c1-2-3-9-20-15-10-16(14-7-5-4-6-8-14)17(11-15,12-18)13-19/h4-8,15-16,20H,2-3,9-11H2,1H3. The number of nitrogens with zero attached hydrogens (tertiary/aromatic N) is 2. The van der Waals surface area contributed by atoms with Crippen molar-refractivity contribution >= 4 is 0 Å². The van der Waals surface area contributed by atoms with Gasteiger partial charge in [0.15, 0.2) is 5.41 Å². The summed E-state index contributed by atoms with van der Waals surface area (Å²) in [6.45, 7) is 3.13. The van der Waals surface area contributed by atoms with Crippen molar-refractivity contribution in [2.45, 2.75) is 44.6 Å². The zero-order chi connectivity index (χ0) is 14.4. The summed E-state index contributed by atoms with van der Waals surface area (Å²) in [5, 5.41) is 22.6. The molecule has 1 aliphatic carbocycles. The van der Waals surface area contributed by atoms with Crippen molar-refractivity contribution in [1.29, 1.82) is 10.5 Å². The molecular formula is C17H21N3. The average molecular weight is 267 g/mol. The Morgan fingerprint density at radius 1 is 1.25 bits per heavy atom. The van der Waals surface area contributed by atoms with Crippen molar-refractivity contribution in [3.8, 4) is 12.1 Å². The maximum Gasteiger partial charge on any atom is 0.152 e. The number of benzene rings is 1. The Morgan fingerprint density at radius 2 is 1.95 bits per heavy atom. The van der Waals surface area contributed by atoms with Crippen molar-refractivity contribution in [3.05, 3.63) is 35.9 Å². The van der Waals surface area contributed by atoms with Crippen LogP contribution in [0.25, 0.3) is 0 Å². The lowest BCUT2D eigenvalue weighted by molar-refractivity contribution is 0.459. The van der Waals surface area contributed by atoms with Gasteiger partial charge in [0, 0.05) is 12.0 Å². The van der Waals surface area contributed by atoms with E-state index in [9.17, 15) is 10.5 Å². The van der Waals surface area contributed by atoms with Gasteiger partial charge in [-0.15, -0.1) is 0 Å². The number of unbranched alkanes of at least 4 members (excludes halogenated alkanes) is 1. The molecule has 1 aromatic rings. The molecule has 1 aliphatic rings. The minimum atomic E-state index is -0.884. The van der Waals surface area contributed by atoms with Crippen LogP contribution in [0.4, 0.5) is 0 Å². The quantitative estimate of drug-likeness (QED) is 0.832. The number of hydrogen-bond donors (Lipinski definition) is 1. The van der Waals surface area contributed by atoms with Gasteiger partial charge in [0.2, 0.25) is 0 Å². The van der Waals surface area contributed by atoms with Gasteiger partial charge in [-0.1, -0.05) is 43.7 Å². The molecule has 0 aliphatic heterocycles. The Bertz CT molecular complexity index is 495. The summed E-state index contributed by atoms with van der Waals surface area (Å²) in [4.78, 5) is 0. The minimum absolute atomic E-state index is 0.0119. The molecule has 1 saturated carbocycles. The van der Waals surface area contributed by atoms with Crippen LogP contribution in [0.15, 0.2) is 30.3 Å². The summed E-state index contributed by atoms with van der Waals surface area (Å²) >= 11 is 0. The topological polar surface area (TPSA) is 59.6 Å². The molecule has 104 valence electrons. The van der Waals surface area contributed by atoms with Crippen molar-refractivity contribution in [1.82, 2.24) is 5.32 Å². The van der Waals surface area contributed by atoms with Crippen LogP contribution in [0.3, 0.4) is 0 Å². The molecular weight excluding hydrogens is 246 g/mol. The molecule has 1 fully saturated rings. The summed E-state index contributed by atoms with van der Waals surface area (Å²) in [7, 11) is 0. The Morgan fingerprint density at radius 3 is 2.55 bits per heavy atom. The second kappa shape index (κ2) is 6.55. The Labute approximate surface area is 121 Å². The third-order valence-corrected chi connectivity index (χ3v) is 4.25. The summed E-state index contributed by atoms with van der Waals surface area (Å²) in [5.74, 6) is 0.0119. The zero-order valence-corrected chi connectivity index (χ0v) is 12.0. The summed E-state index contributed by atoms with van der Waals surface area (Å²) in [6, 6.07) is 14.8. The van der Waals surface area contributed by atoms with Crippen molar-refractivity contribution in [3.63, 3.8) is 0 Å². The lowest BCUT2D eigenvalue weighted by Gasteiger charge is -2.20. The first-order valence-corrected chi connectivity index (χ1v) is 7.36. The largest absolute Gasteiger partial charge is 0.314 e. The lowest BCUT2D eigenvalue weighted by Crippen LogP contribution is -2.28. The zero-order valence-electron chi connectivity index (χ0n) is 12.0. The first-order valence-electron chi connectivity index (χ1n) is 7.36. The van der Waals surface area contributed by atoms with Crippen LogP contribution >= 0.6 is 0 Å². The van der Waals surface area contributed by atoms with Gasteiger partial charge < -0.3 is 5.32 Å². The monoisotopic (exact) mass is 267 g/mol. The molecule has 1 aromatic carbocycles. The molecule has 2 rings (SSSR count). The van der Waals surface area contributed by atoms with E-state index in [1.165, 1.54) is 0 Å². The molecule has 0 amide bonds. The molecule has 2 unspecified atom stereocenters. The first-order chi connectivity index (χ1) is 9.75. The van der Waals surface area contributed by atoms with Crippen LogP contribution in [0.2, 0.25) is 0 Å². The smallest absolute Gasteiger partial charge is 0.152 e. The van der Waals surface area contributed by atoms with Crippen molar-refractivity contribution in [2.24, 2.45) is 5.41 Å². The maximum absolute atomic E-state index is 9.54. The van der Waals surface area contributed by atoms with Crippen LogP contribution in [0, 0.1) is 28.1 Å². The van der Waals surface area contributed by atoms with Gasteiger partial charge in [-0.3, -0.25) is 0 Å². The molecule has 0 aromatic heterocycles. The third-order valence-electron chi connectivity index (χ3n) is 4.25. The van der Waals surface area contributed by atoms with E-state index in [0.717, 1.165) is 31.4 Å². The molecule has 3 nitrogen and oxygen atoms in total. The fraction of sp³-hybridized carbons (Fsp3) is 0.529. The Balaban J connectivity index is 2.17. The van der Waals surface area contributed by atoms with E-state index < -0.39 is 5.41 Å². The summed E-state index contributed by atoms with van der Waals surface area (Å²) in [6.07, 6.45) is 3.79. The highest BCUT2D eigenvalue weighted by Crippen LogP contribution is 2.48. The molecule has 0 heterocycles. The van der Waals surface area contributed by atoms with E-state index in [2.05, 4.69) is 24.4 Å². The molecule has 0 spiro atoms. The molecule has 1 N–H and O–H groups in total. The van der Waals surface area contributed by atoms with Gasteiger partial charge in [-0.05, 0) is 31.4 Å². The van der Waals surface area contributed by atoms with Crippen LogP contribution < -0.4 is 5.32 Å².